The third-order valence-electron chi connectivity index (χ3n) is 8.88. The minimum atomic E-state index is -3.32. The van der Waals surface area contributed by atoms with Crippen molar-refractivity contribution in [2.45, 2.75) is 74.4 Å². The summed E-state index contributed by atoms with van der Waals surface area (Å²) in [4.78, 5) is 43.0. The predicted octanol–water partition coefficient (Wildman–Crippen LogP) is 3.80. The van der Waals surface area contributed by atoms with Gasteiger partial charge >= 0.3 is 6.03 Å². The van der Waals surface area contributed by atoms with Crippen molar-refractivity contribution in [1.29, 1.82) is 0 Å². The fraction of sp³-hybridized carbons (Fsp3) is 0.516. The molecule has 2 heterocycles. The molecule has 1 spiro atoms. The maximum absolute atomic E-state index is 13.4. The maximum atomic E-state index is 13.4. The van der Waals surface area contributed by atoms with Crippen LogP contribution in [0.4, 0.5) is 4.79 Å². The normalized spacial score (nSPS) is 20.7. The van der Waals surface area contributed by atoms with Gasteiger partial charge in [-0.3, -0.25) is 14.5 Å². The van der Waals surface area contributed by atoms with Gasteiger partial charge in [0.1, 0.15) is 5.54 Å². The van der Waals surface area contributed by atoms with E-state index in [2.05, 4.69) is 27.7 Å². The second-order valence-electron chi connectivity index (χ2n) is 11.8. The zero-order valence-corrected chi connectivity index (χ0v) is 24.5. The molecule has 3 fully saturated rings. The highest BCUT2D eigenvalue weighted by Crippen LogP contribution is 2.31. The van der Waals surface area contributed by atoms with Crippen LogP contribution in [0, 0.1) is 5.92 Å². The molecule has 2 saturated heterocycles. The molecule has 9 nitrogen and oxygen atoms in total. The monoisotopic (exact) mass is 580 g/mol. The van der Waals surface area contributed by atoms with Gasteiger partial charge in [0.05, 0.1) is 17.5 Å². The lowest BCUT2D eigenvalue weighted by Gasteiger charge is -2.38. The average molecular weight is 581 g/mol. The van der Waals surface area contributed by atoms with Crippen LogP contribution in [0.3, 0.4) is 0 Å². The van der Waals surface area contributed by atoms with Crippen molar-refractivity contribution < 1.29 is 22.8 Å². The number of urea groups is 1. The number of carbonyl (C=O) groups excluding carboxylic acids is 3. The number of amides is 4. The van der Waals surface area contributed by atoms with E-state index in [0.29, 0.717) is 31.5 Å². The van der Waals surface area contributed by atoms with Gasteiger partial charge in [0.25, 0.3) is 5.91 Å². The van der Waals surface area contributed by atoms with Gasteiger partial charge in [0, 0.05) is 31.8 Å². The highest BCUT2D eigenvalue weighted by molar-refractivity contribution is 7.90. The molecule has 5 rings (SSSR count). The topological polar surface area (TPSA) is 116 Å². The van der Waals surface area contributed by atoms with Crippen molar-refractivity contribution in [2.75, 3.05) is 25.9 Å². The molecule has 0 radical (unpaired) electrons. The van der Waals surface area contributed by atoms with E-state index >= 15 is 0 Å². The summed E-state index contributed by atoms with van der Waals surface area (Å²) in [6.45, 7) is 2.21. The third-order valence-corrected chi connectivity index (χ3v) is 10.0. The number of carbonyl (C=O) groups is 3. The molecule has 10 heteroatoms. The van der Waals surface area contributed by atoms with Crippen LogP contribution < -0.4 is 10.6 Å². The summed E-state index contributed by atoms with van der Waals surface area (Å²) in [5, 5.41) is 6.28. The van der Waals surface area contributed by atoms with Crippen molar-refractivity contribution in [3.05, 3.63) is 65.7 Å². The van der Waals surface area contributed by atoms with Gasteiger partial charge in [-0.05, 0) is 55.4 Å². The van der Waals surface area contributed by atoms with Gasteiger partial charge < -0.3 is 15.5 Å². The highest BCUT2D eigenvalue weighted by Gasteiger charge is 2.52. The molecule has 1 atom stereocenters. The van der Waals surface area contributed by atoms with Crippen molar-refractivity contribution in [1.82, 2.24) is 20.4 Å². The molecule has 2 aromatic rings. The number of likely N-dealkylation sites (tertiary alicyclic amines) is 1. The standard InChI is InChI=1S/C31H40N4O5S/c1-41(39,40)26-14-12-23(13-15-26)22-35-29(37)31(33-30(35)38)17-20-34(21-18-31)19-16-27(24-8-4-2-5-9-24)32-28(36)25-10-6-3-7-11-25/h2,4-5,8-9,12-15,25,27H,3,6-7,10-11,16-22H2,1H3,(H,32,36)(H,33,38)/t27-/m0/s1. The molecule has 3 aliphatic rings. The molecule has 1 saturated carbocycles. The smallest absolute Gasteiger partial charge is 0.325 e. The number of benzene rings is 2. The number of imide groups is 1. The molecule has 220 valence electrons. The summed E-state index contributed by atoms with van der Waals surface area (Å²) in [5.41, 5.74) is 0.884. The number of hydrogen-bond acceptors (Lipinski definition) is 6. The summed E-state index contributed by atoms with van der Waals surface area (Å²) >= 11 is 0. The Morgan fingerprint density at radius 1 is 1.00 bits per heavy atom. The summed E-state index contributed by atoms with van der Waals surface area (Å²) in [7, 11) is -3.32. The maximum Gasteiger partial charge on any atom is 0.325 e. The van der Waals surface area contributed by atoms with E-state index in [4.69, 9.17) is 0 Å². The lowest BCUT2D eigenvalue weighted by atomic mass is 9.87. The second-order valence-corrected chi connectivity index (χ2v) is 13.8. The molecule has 0 bridgehead atoms. The Hall–Kier alpha value is -3.24. The molecule has 1 aliphatic carbocycles. The Labute approximate surface area is 242 Å². The molecule has 2 aliphatic heterocycles. The lowest BCUT2D eigenvalue weighted by Crippen LogP contribution is -2.55. The first-order valence-corrected chi connectivity index (χ1v) is 16.5. The van der Waals surface area contributed by atoms with Crippen LogP contribution in [0.1, 0.15) is 68.5 Å². The molecule has 2 aromatic carbocycles. The van der Waals surface area contributed by atoms with Gasteiger partial charge in [0.2, 0.25) is 5.91 Å². The molecule has 41 heavy (non-hydrogen) atoms. The molecule has 0 unspecified atom stereocenters. The van der Waals surface area contributed by atoms with Gasteiger partial charge in [0.15, 0.2) is 9.84 Å². The summed E-state index contributed by atoms with van der Waals surface area (Å²) < 4.78 is 23.5. The Bertz CT molecular complexity index is 1350. The fourth-order valence-corrected chi connectivity index (χ4v) is 6.95. The zero-order chi connectivity index (χ0) is 29.0. The number of nitrogens with one attached hydrogen (secondary N) is 2. The van der Waals surface area contributed by atoms with Crippen LogP contribution in [-0.2, 0) is 26.0 Å². The van der Waals surface area contributed by atoms with Gasteiger partial charge in [-0.25, -0.2) is 13.2 Å². The SMILES string of the molecule is CS(=O)(=O)c1ccc(CN2C(=O)NC3(CCN(CC[C@H](NC(=O)C4CCCCC4)c4ccccc4)CC3)C2=O)cc1. The third kappa shape index (κ3) is 6.81. The quantitative estimate of drug-likeness (QED) is 0.436. The van der Waals surface area contributed by atoms with E-state index in [1.807, 2.05) is 18.2 Å². The van der Waals surface area contributed by atoms with Crippen molar-refractivity contribution in [2.24, 2.45) is 5.92 Å². The average Bonchev–Trinajstić information content (AvgIpc) is 3.20. The lowest BCUT2D eigenvalue weighted by molar-refractivity contribution is -0.133. The molecular formula is C31H40N4O5S. The number of sulfone groups is 1. The van der Waals surface area contributed by atoms with E-state index in [9.17, 15) is 22.8 Å². The number of hydrogen-bond donors (Lipinski definition) is 2. The summed E-state index contributed by atoms with van der Waals surface area (Å²) in [6.07, 6.45) is 8.32. The van der Waals surface area contributed by atoms with Crippen molar-refractivity contribution in [3.63, 3.8) is 0 Å². The predicted molar refractivity (Wildman–Crippen MR) is 156 cm³/mol. The van der Waals surface area contributed by atoms with Crippen LogP contribution >= 0.6 is 0 Å². The van der Waals surface area contributed by atoms with E-state index in [0.717, 1.165) is 50.5 Å². The number of nitrogens with zero attached hydrogens (tertiary/aromatic N) is 2. The zero-order valence-electron chi connectivity index (χ0n) is 23.7. The van der Waals surface area contributed by atoms with Crippen LogP contribution in [0.15, 0.2) is 59.5 Å². The van der Waals surface area contributed by atoms with Crippen LogP contribution in [0.2, 0.25) is 0 Å². The van der Waals surface area contributed by atoms with Crippen molar-refractivity contribution >= 4 is 27.7 Å². The Kier molecular flexibility index (Phi) is 8.79. The minimum Gasteiger partial charge on any atom is -0.349 e. The highest BCUT2D eigenvalue weighted by atomic mass is 32.2. The molecule has 0 aromatic heterocycles. The first-order valence-electron chi connectivity index (χ1n) is 14.7. The van der Waals surface area contributed by atoms with Gasteiger partial charge in [-0.15, -0.1) is 0 Å². The van der Waals surface area contributed by atoms with Crippen LogP contribution in [-0.4, -0.2) is 67.5 Å². The van der Waals surface area contributed by atoms with Crippen molar-refractivity contribution in [3.8, 4) is 0 Å². The Balaban J connectivity index is 1.17. The number of rotatable bonds is 9. The molecular weight excluding hydrogens is 540 g/mol. The molecule has 4 amide bonds. The summed E-state index contributed by atoms with van der Waals surface area (Å²) in [6, 6.07) is 15.9. The van der Waals surface area contributed by atoms with Crippen LogP contribution in [0.5, 0.6) is 0 Å². The molecule has 2 N–H and O–H groups in total. The van der Waals surface area contributed by atoms with E-state index in [1.54, 1.807) is 12.1 Å². The Morgan fingerprint density at radius 2 is 1.66 bits per heavy atom. The first-order chi connectivity index (χ1) is 19.6. The fourth-order valence-electron chi connectivity index (χ4n) is 6.32. The largest absolute Gasteiger partial charge is 0.349 e. The van der Waals surface area contributed by atoms with E-state index in [1.165, 1.54) is 23.5 Å². The van der Waals surface area contributed by atoms with Gasteiger partial charge in [-0.1, -0.05) is 61.7 Å². The van der Waals surface area contributed by atoms with Crippen LogP contribution in [0.25, 0.3) is 0 Å². The minimum absolute atomic E-state index is 0.0705. The summed E-state index contributed by atoms with van der Waals surface area (Å²) in [5.74, 6) is 0.0278. The Morgan fingerprint density at radius 3 is 2.29 bits per heavy atom. The number of piperidine rings is 1. The first kappa shape index (κ1) is 29.3. The second kappa shape index (κ2) is 12.3. The van der Waals surface area contributed by atoms with Gasteiger partial charge in [-0.2, -0.15) is 0 Å². The van der Waals surface area contributed by atoms with E-state index < -0.39 is 21.4 Å². The van der Waals surface area contributed by atoms with E-state index in [-0.39, 0.29) is 35.2 Å².